The van der Waals surface area contributed by atoms with Crippen LogP contribution in [0.2, 0.25) is 0 Å². The fraction of sp³-hybridized carbons (Fsp3) is 0.364. The van der Waals surface area contributed by atoms with E-state index >= 15 is 0 Å². The van der Waals surface area contributed by atoms with E-state index in [9.17, 15) is 13.2 Å². The summed E-state index contributed by atoms with van der Waals surface area (Å²) in [5, 5.41) is 0. The zero-order valence-electron chi connectivity index (χ0n) is 10.1. The van der Waals surface area contributed by atoms with Crippen molar-refractivity contribution in [2.45, 2.75) is 13.8 Å². The lowest BCUT2D eigenvalue weighted by Gasteiger charge is -2.15. The van der Waals surface area contributed by atoms with Crippen LogP contribution in [0.5, 0.6) is 0 Å². The largest absolute Gasteiger partial charge is 0.326 e. The van der Waals surface area contributed by atoms with Crippen LogP contribution < -0.4 is 8.61 Å². The van der Waals surface area contributed by atoms with Crippen molar-refractivity contribution in [3.05, 3.63) is 24.3 Å². The van der Waals surface area contributed by atoms with Crippen molar-refractivity contribution < 1.29 is 13.2 Å². The van der Waals surface area contributed by atoms with E-state index in [1.807, 2.05) is 13.8 Å². The fourth-order valence-electron chi connectivity index (χ4n) is 1.60. The Kier molecular flexibility index (Phi) is 4.11. The molecule has 94 valence electrons. The molecule has 0 N–H and O–H groups in total. The number of hydrogen-bond donors (Lipinski definition) is 0. The topological polar surface area (TPSA) is 57.7 Å². The summed E-state index contributed by atoms with van der Waals surface area (Å²) >= 11 is 0. The van der Waals surface area contributed by atoms with Crippen molar-refractivity contribution >= 4 is 27.9 Å². The summed E-state index contributed by atoms with van der Waals surface area (Å²) in [7, 11) is -2.08. The lowest BCUT2D eigenvalue weighted by Crippen LogP contribution is -2.36. The minimum atomic E-state index is -3.55. The normalized spacial score (nSPS) is 15.9. The Hall–Kier alpha value is -1.56. The Morgan fingerprint density at radius 1 is 1.18 bits per heavy atom. The second-order valence-corrected chi connectivity index (χ2v) is 5.05. The lowest BCUT2D eigenvalue weighted by molar-refractivity contribution is -0.106. The molecule has 1 heterocycles. The van der Waals surface area contributed by atoms with Gasteiger partial charge < -0.3 is 4.79 Å². The standard InChI is InChI=1S/C9H10N2O3S.C2H6/c1-10-8-4-2-3-5-9(8)11(6-7-12)15(10,13)14;1-2/h2-5,7H,6H2,1H3;1-2H3. The number of nitrogens with zero attached hydrogens (tertiary/aromatic N) is 2. The minimum absolute atomic E-state index is 0.149. The zero-order chi connectivity index (χ0) is 13.1. The molecule has 0 bridgehead atoms. The third-order valence-electron chi connectivity index (χ3n) is 2.35. The van der Waals surface area contributed by atoms with E-state index in [-0.39, 0.29) is 6.54 Å². The first-order chi connectivity index (χ1) is 8.09. The number of fused-ring (bicyclic) bond motifs is 1. The van der Waals surface area contributed by atoms with Crippen LogP contribution in [-0.2, 0) is 15.0 Å². The van der Waals surface area contributed by atoms with Gasteiger partial charge in [-0.2, -0.15) is 8.42 Å². The van der Waals surface area contributed by atoms with Crippen LogP contribution in [-0.4, -0.2) is 28.3 Å². The third kappa shape index (κ3) is 2.12. The molecule has 0 radical (unpaired) electrons. The summed E-state index contributed by atoms with van der Waals surface area (Å²) in [6.45, 7) is 3.85. The first kappa shape index (κ1) is 13.5. The molecule has 0 aliphatic carbocycles. The van der Waals surface area contributed by atoms with Gasteiger partial charge in [0, 0.05) is 7.05 Å². The molecule has 0 spiro atoms. The van der Waals surface area contributed by atoms with Crippen LogP contribution in [0.25, 0.3) is 0 Å². The number of anilines is 2. The molecule has 0 saturated carbocycles. The summed E-state index contributed by atoms with van der Waals surface area (Å²) in [4.78, 5) is 10.4. The smallest absolute Gasteiger partial charge is 0.301 e. The zero-order valence-corrected chi connectivity index (χ0v) is 10.9. The molecule has 5 nitrogen and oxygen atoms in total. The summed E-state index contributed by atoms with van der Waals surface area (Å²) in [5.41, 5.74) is 1.14. The maximum absolute atomic E-state index is 11.8. The highest BCUT2D eigenvalue weighted by Crippen LogP contribution is 2.38. The molecule has 0 saturated heterocycles. The van der Waals surface area contributed by atoms with Gasteiger partial charge in [-0.05, 0) is 12.1 Å². The van der Waals surface area contributed by atoms with E-state index in [0.717, 1.165) is 4.31 Å². The highest BCUT2D eigenvalue weighted by Gasteiger charge is 2.37. The molecule has 0 aromatic heterocycles. The highest BCUT2D eigenvalue weighted by molar-refractivity contribution is 7.94. The summed E-state index contributed by atoms with van der Waals surface area (Å²) in [6, 6.07) is 6.89. The minimum Gasteiger partial charge on any atom is -0.301 e. The van der Waals surface area contributed by atoms with E-state index < -0.39 is 10.2 Å². The number of rotatable bonds is 2. The van der Waals surface area contributed by atoms with E-state index in [2.05, 4.69) is 0 Å². The van der Waals surface area contributed by atoms with Crippen LogP contribution >= 0.6 is 0 Å². The Morgan fingerprint density at radius 3 is 2.24 bits per heavy atom. The molecule has 1 aliphatic rings. The van der Waals surface area contributed by atoms with Crippen LogP contribution in [0.15, 0.2) is 24.3 Å². The van der Waals surface area contributed by atoms with Crippen molar-refractivity contribution in [1.82, 2.24) is 0 Å². The van der Waals surface area contributed by atoms with Crippen LogP contribution in [0.1, 0.15) is 13.8 Å². The van der Waals surface area contributed by atoms with Crippen LogP contribution in [0, 0.1) is 0 Å². The van der Waals surface area contributed by atoms with Crippen molar-refractivity contribution in [3.63, 3.8) is 0 Å². The number of benzene rings is 1. The second-order valence-electron chi connectivity index (χ2n) is 3.16. The van der Waals surface area contributed by atoms with Gasteiger partial charge in [0.1, 0.15) is 6.29 Å². The quantitative estimate of drug-likeness (QED) is 0.752. The first-order valence-electron chi connectivity index (χ1n) is 5.38. The molecule has 1 aromatic rings. The molecule has 0 unspecified atom stereocenters. The maximum Gasteiger partial charge on any atom is 0.326 e. The molecule has 2 rings (SSSR count). The van der Waals surface area contributed by atoms with Gasteiger partial charge in [0.25, 0.3) is 0 Å². The number of carbonyl (C=O) groups is 1. The van der Waals surface area contributed by atoms with Crippen molar-refractivity contribution in [2.75, 3.05) is 22.2 Å². The van der Waals surface area contributed by atoms with Gasteiger partial charge in [-0.25, -0.2) is 4.31 Å². The number of carbonyl (C=O) groups excluding carboxylic acids is 1. The number of hydrogen-bond acceptors (Lipinski definition) is 3. The lowest BCUT2D eigenvalue weighted by atomic mass is 10.2. The Bertz CT molecular complexity index is 499. The predicted octanol–water partition coefficient (Wildman–Crippen LogP) is 1.41. The predicted molar refractivity (Wildman–Crippen MR) is 68.5 cm³/mol. The van der Waals surface area contributed by atoms with Gasteiger partial charge in [0.05, 0.1) is 17.9 Å². The van der Waals surface area contributed by atoms with E-state index in [1.54, 1.807) is 24.3 Å². The van der Waals surface area contributed by atoms with Gasteiger partial charge in [-0.3, -0.25) is 4.31 Å². The van der Waals surface area contributed by atoms with Crippen LogP contribution in [0.3, 0.4) is 0 Å². The van der Waals surface area contributed by atoms with Gasteiger partial charge in [0.15, 0.2) is 0 Å². The average molecular weight is 256 g/mol. The molecule has 1 aromatic carbocycles. The van der Waals surface area contributed by atoms with E-state index in [4.69, 9.17) is 0 Å². The monoisotopic (exact) mass is 256 g/mol. The third-order valence-corrected chi connectivity index (χ3v) is 4.15. The fourth-order valence-corrected chi connectivity index (χ4v) is 2.95. The molecule has 0 amide bonds. The first-order valence-corrected chi connectivity index (χ1v) is 6.78. The Balaban J connectivity index is 0.000000686. The van der Waals surface area contributed by atoms with Crippen molar-refractivity contribution in [1.29, 1.82) is 0 Å². The van der Waals surface area contributed by atoms with Gasteiger partial charge in [-0.15, -0.1) is 0 Å². The van der Waals surface area contributed by atoms with E-state index in [0.29, 0.717) is 17.7 Å². The molecule has 1 aliphatic heterocycles. The van der Waals surface area contributed by atoms with Gasteiger partial charge in [0.2, 0.25) is 0 Å². The molecule has 17 heavy (non-hydrogen) atoms. The highest BCUT2D eigenvalue weighted by atomic mass is 32.2. The Morgan fingerprint density at radius 2 is 1.71 bits per heavy atom. The average Bonchev–Trinajstić information content (AvgIpc) is 2.54. The number of aldehydes is 1. The van der Waals surface area contributed by atoms with Crippen LogP contribution in [0.4, 0.5) is 11.4 Å². The summed E-state index contributed by atoms with van der Waals surface area (Å²) < 4.78 is 25.9. The summed E-state index contributed by atoms with van der Waals surface area (Å²) in [5.74, 6) is 0. The molecule has 0 atom stereocenters. The van der Waals surface area contributed by atoms with Crippen molar-refractivity contribution in [3.8, 4) is 0 Å². The summed E-state index contributed by atoms with van der Waals surface area (Å²) in [6.07, 6.45) is 0.577. The van der Waals surface area contributed by atoms with Crippen molar-refractivity contribution in [2.24, 2.45) is 0 Å². The van der Waals surface area contributed by atoms with E-state index in [1.165, 1.54) is 11.4 Å². The van der Waals surface area contributed by atoms with Gasteiger partial charge in [-0.1, -0.05) is 26.0 Å². The molecule has 0 fully saturated rings. The number of para-hydroxylation sites is 2. The molecular weight excluding hydrogens is 240 g/mol. The SMILES string of the molecule is CC.CN1c2ccccc2N(CC=O)S1(=O)=O. The maximum atomic E-state index is 11.8. The Labute approximate surface area is 102 Å². The van der Waals surface area contributed by atoms with Gasteiger partial charge >= 0.3 is 10.2 Å². The molecular formula is C11H16N2O3S. The second kappa shape index (κ2) is 5.18. The molecule has 6 heteroatoms.